The molecular weight excluding hydrogens is 362 g/mol. The molecule has 0 radical (unpaired) electrons. The fraction of sp³-hybridized carbons (Fsp3) is 0.0400. The van der Waals surface area contributed by atoms with Crippen LogP contribution in [0.25, 0.3) is 22.7 Å². The highest BCUT2D eigenvalue weighted by molar-refractivity contribution is 6.31. The molecule has 0 atom stereocenters. The summed E-state index contributed by atoms with van der Waals surface area (Å²) < 4.78 is 11.4. The average molecular weight is 381 g/mol. The van der Waals surface area contributed by atoms with Crippen LogP contribution in [0.5, 0.6) is 5.75 Å². The zero-order chi connectivity index (χ0) is 20.1. The molecule has 29 heavy (non-hydrogen) atoms. The number of carbonyl (C=O) groups excluding carboxylic acids is 1. The van der Waals surface area contributed by atoms with Crippen molar-refractivity contribution in [1.29, 1.82) is 0 Å². The van der Waals surface area contributed by atoms with Crippen molar-refractivity contribution >= 4 is 28.5 Å². The van der Waals surface area contributed by atoms with E-state index in [9.17, 15) is 4.79 Å². The van der Waals surface area contributed by atoms with Crippen LogP contribution in [0, 0.1) is 0 Å². The fourth-order valence-corrected chi connectivity index (χ4v) is 2.94. The monoisotopic (exact) mass is 381 g/mol. The van der Waals surface area contributed by atoms with Crippen molar-refractivity contribution in [3.63, 3.8) is 0 Å². The second-order valence-electron chi connectivity index (χ2n) is 6.41. The van der Waals surface area contributed by atoms with Crippen molar-refractivity contribution in [2.24, 2.45) is 0 Å². The van der Waals surface area contributed by atoms with Crippen LogP contribution < -0.4 is 4.74 Å². The zero-order valence-electron chi connectivity index (χ0n) is 15.7. The zero-order valence-corrected chi connectivity index (χ0v) is 15.7. The number of ketones is 1. The van der Waals surface area contributed by atoms with E-state index in [-0.39, 0.29) is 5.78 Å². The van der Waals surface area contributed by atoms with Gasteiger partial charge in [0.05, 0.1) is 5.57 Å². The Hall–Kier alpha value is -3.92. The summed E-state index contributed by atoms with van der Waals surface area (Å²) in [5, 5.41) is 0. The van der Waals surface area contributed by atoms with Gasteiger partial charge in [0, 0.05) is 5.56 Å². The minimum absolute atomic E-state index is 0.149. The summed E-state index contributed by atoms with van der Waals surface area (Å²) in [7, 11) is 0. The molecule has 0 bridgehead atoms. The lowest BCUT2D eigenvalue weighted by Gasteiger charge is -2.05. The molecule has 3 aromatic carbocycles. The summed E-state index contributed by atoms with van der Waals surface area (Å²) in [6.07, 6.45) is 3.48. The second kappa shape index (κ2) is 8.40. The van der Waals surface area contributed by atoms with E-state index in [1.807, 2.05) is 66.7 Å². The van der Waals surface area contributed by atoms with Gasteiger partial charge < -0.3 is 9.15 Å². The lowest BCUT2D eigenvalue weighted by Crippen LogP contribution is -2.03. The third-order valence-electron chi connectivity index (χ3n) is 4.36. The van der Waals surface area contributed by atoms with Crippen LogP contribution in [0.15, 0.2) is 95.9 Å². The summed E-state index contributed by atoms with van der Waals surface area (Å²) in [6, 6.07) is 24.1. The normalized spacial score (nSPS) is 11.4. The summed E-state index contributed by atoms with van der Waals surface area (Å²) >= 11 is 0. The van der Waals surface area contributed by atoms with E-state index >= 15 is 0 Å². The van der Waals surface area contributed by atoms with Crippen LogP contribution in [0.1, 0.15) is 21.8 Å². The first kappa shape index (κ1) is 18.4. The molecule has 0 unspecified atom stereocenters. The number of hydrogen-bond acceptors (Lipinski definition) is 4. The molecule has 4 rings (SSSR count). The van der Waals surface area contributed by atoms with Crippen LogP contribution in [-0.4, -0.2) is 17.4 Å². The van der Waals surface area contributed by atoms with Crippen molar-refractivity contribution in [2.45, 2.75) is 0 Å². The molecule has 0 saturated heterocycles. The Bertz CT molecular complexity index is 1140. The number of Topliss-reactive ketones (excluding diaryl/α,β-unsaturated/α-hetero) is 1. The number of carbonyl (C=O) groups is 1. The maximum atomic E-state index is 13.2. The first-order chi connectivity index (χ1) is 14.2. The predicted octanol–water partition coefficient (Wildman–Crippen LogP) is 5.82. The molecule has 0 aliphatic heterocycles. The van der Waals surface area contributed by atoms with Crippen LogP contribution >= 0.6 is 0 Å². The molecule has 0 amide bonds. The smallest absolute Gasteiger partial charge is 0.231 e. The summed E-state index contributed by atoms with van der Waals surface area (Å²) in [5.41, 5.74) is 3.17. The maximum Gasteiger partial charge on any atom is 0.231 e. The Morgan fingerprint density at radius 1 is 0.966 bits per heavy atom. The van der Waals surface area contributed by atoms with E-state index in [0.29, 0.717) is 34.7 Å². The minimum Gasteiger partial charge on any atom is -0.490 e. The largest absolute Gasteiger partial charge is 0.490 e. The quantitative estimate of drug-likeness (QED) is 0.230. The van der Waals surface area contributed by atoms with Crippen LogP contribution in [0.2, 0.25) is 0 Å². The Labute approximate surface area is 168 Å². The molecule has 1 heterocycles. The van der Waals surface area contributed by atoms with Gasteiger partial charge in [0.15, 0.2) is 11.4 Å². The molecule has 0 saturated carbocycles. The van der Waals surface area contributed by atoms with Crippen LogP contribution in [0.4, 0.5) is 0 Å². The molecule has 4 nitrogen and oxygen atoms in total. The van der Waals surface area contributed by atoms with Crippen molar-refractivity contribution in [3.8, 4) is 5.75 Å². The van der Waals surface area contributed by atoms with Gasteiger partial charge >= 0.3 is 0 Å². The number of ether oxygens (including phenoxy) is 1. The topological polar surface area (TPSA) is 52.3 Å². The number of nitrogens with zero attached hydrogens (tertiary/aromatic N) is 1. The van der Waals surface area contributed by atoms with Gasteiger partial charge in [0.25, 0.3) is 0 Å². The van der Waals surface area contributed by atoms with Crippen molar-refractivity contribution in [3.05, 3.63) is 109 Å². The number of para-hydroxylation sites is 2. The highest BCUT2D eigenvalue weighted by atomic mass is 16.5. The fourth-order valence-electron chi connectivity index (χ4n) is 2.94. The number of hydrogen-bond donors (Lipinski definition) is 0. The molecule has 1 aromatic heterocycles. The van der Waals surface area contributed by atoms with Gasteiger partial charge in [-0.2, -0.15) is 0 Å². The number of aromatic nitrogens is 1. The van der Waals surface area contributed by atoms with Gasteiger partial charge in [0.1, 0.15) is 17.9 Å². The number of fused-ring (bicyclic) bond motifs is 1. The maximum absolute atomic E-state index is 13.2. The van der Waals surface area contributed by atoms with Crippen molar-refractivity contribution in [1.82, 2.24) is 4.98 Å². The number of rotatable bonds is 7. The van der Waals surface area contributed by atoms with Gasteiger partial charge in [-0.15, -0.1) is 0 Å². The van der Waals surface area contributed by atoms with Crippen LogP contribution in [0.3, 0.4) is 0 Å². The second-order valence-corrected chi connectivity index (χ2v) is 6.41. The van der Waals surface area contributed by atoms with E-state index in [1.165, 1.54) is 0 Å². The summed E-state index contributed by atoms with van der Waals surface area (Å²) in [6.45, 7) is 4.08. The molecule has 0 N–H and O–H groups in total. The Morgan fingerprint density at radius 2 is 1.69 bits per heavy atom. The lowest BCUT2D eigenvalue weighted by atomic mass is 10.0. The SMILES string of the molecule is C=CCOc1ccc(/C=C(/C(=O)c2ccccc2)c2nc3ccccc3o2)cc1. The first-order valence-corrected chi connectivity index (χ1v) is 9.26. The minimum atomic E-state index is -0.149. The molecule has 4 heteroatoms. The molecule has 0 spiro atoms. The average Bonchev–Trinajstić information content (AvgIpc) is 3.21. The van der Waals surface area contributed by atoms with Gasteiger partial charge in [-0.1, -0.05) is 67.3 Å². The third-order valence-corrected chi connectivity index (χ3v) is 4.36. The lowest BCUT2D eigenvalue weighted by molar-refractivity contribution is 0.105. The predicted molar refractivity (Wildman–Crippen MR) is 115 cm³/mol. The Morgan fingerprint density at radius 3 is 2.41 bits per heavy atom. The van der Waals surface area contributed by atoms with E-state index < -0.39 is 0 Å². The summed E-state index contributed by atoms with van der Waals surface area (Å²) in [5.74, 6) is 0.885. The summed E-state index contributed by atoms with van der Waals surface area (Å²) in [4.78, 5) is 17.8. The molecular formula is C25H19NO3. The highest BCUT2D eigenvalue weighted by Gasteiger charge is 2.20. The van der Waals surface area contributed by atoms with Gasteiger partial charge in [-0.3, -0.25) is 4.79 Å². The first-order valence-electron chi connectivity index (χ1n) is 9.26. The molecule has 0 fully saturated rings. The highest BCUT2D eigenvalue weighted by Crippen LogP contribution is 2.26. The molecule has 142 valence electrons. The number of allylic oxidation sites excluding steroid dienone is 1. The third kappa shape index (κ3) is 4.17. The van der Waals surface area contributed by atoms with Crippen molar-refractivity contribution < 1.29 is 13.9 Å². The number of benzene rings is 3. The van der Waals surface area contributed by atoms with Crippen molar-refractivity contribution in [2.75, 3.05) is 6.61 Å². The van der Waals surface area contributed by atoms with Crippen LogP contribution in [-0.2, 0) is 0 Å². The van der Waals surface area contributed by atoms with E-state index in [2.05, 4.69) is 11.6 Å². The Kier molecular flexibility index (Phi) is 5.34. The Balaban J connectivity index is 1.76. The number of oxazole rings is 1. The molecule has 0 aliphatic rings. The van der Waals surface area contributed by atoms with E-state index in [1.54, 1.807) is 24.3 Å². The van der Waals surface area contributed by atoms with Gasteiger partial charge in [0.2, 0.25) is 5.89 Å². The van der Waals surface area contributed by atoms with E-state index in [0.717, 1.165) is 11.3 Å². The standard InChI is InChI=1S/C25H19NO3/c1-2-16-28-20-14-12-18(13-15-20)17-21(24(27)19-8-4-3-5-9-19)25-26-22-10-6-7-11-23(22)29-25/h2-15,17H,1,16H2/b21-17-. The van der Waals surface area contributed by atoms with Gasteiger partial charge in [-0.05, 0) is 35.9 Å². The van der Waals surface area contributed by atoms with E-state index in [4.69, 9.17) is 9.15 Å². The van der Waals surface area contributed by atoms with Gasteiger partial charge in [-0.25, -0.2) is 4.98 Å². The molecule has 4 aromatic rings. The molecule has 0 aliphatic carbocycles.